The highest BCUT2D eigenvalue weighted by atomic mass is 32.2. The number of hydrogen-bond donors (Lipinski definition) is 3. The average molecular weight is 298 g/mol. The summed E-state index contributed by atoms with van der Waals surface area (Å²) >= 11 is 1.65. The highest BCUT2D eigenvalue weighted by molar-refractivity contribution is 7.98. The topological polar surface area (TPSA) is 84.6 Å². The zero-order valence-corrected chi connectivity index (χ0v) is 12.7. The van der Waals surface area contributed by atoms with Crippen LogP contribution >= 0.6 is 11.8 Å². The Hall–Kier alpha value is -1.24. The summed E-state index contributed by atoms with van der Waals surface area (Å²) in [6.45, 7) is 0.117. The van der Waals surface area contributed by atoms with Crippen molar-refractivity contribution in [2.45, 2.75) is 18.6 Å². The van der Waals surface area contributed by atoms with E-state index in [1.54, 1.807) is 31.0 Å². The number of ether oxygens (including phenoxy) is 1. The van der Waals surface area contributed by atoms with Gasteiger partial charge in [-0.25, -0.2) is 0 Å². The Morgan fingerprint density at radius 1 is 1.50 bits per heavy atom. The third-order valence-electron chi connectivity index (χ3n) is 2.94. The van der Waals surface area contributed by atoms with Crippen LogP contribution < -0.4 is 15.8 Å². The number of amides is 1. The van der Waals surface area contributed by atoms with Crippen LogP contribution in [-0.4, -0.2) is 42.7 Å². The maximum absolute atomic E-state index is 11.8. The molecule has 1 aromatic rings. The van der Waals surface area contributed by atoms with Crippen molar-refractivity contribution >= 4 is 17.7 Å². The van der Waals surface area contributed by atoms with Crippen molar-refractivity contribution < 1.29 is 14.6 Å². The molecule has 0 spiro atoms. The molecule has 1 amide bonds. The maximum atomic E-state index is 11.8. The quantitative estimate of drug-likeness (QED) is 0.665. The van der Waals surface area contributed by atoms with E-state index >= 15 is 0 Å². The summed E-state index contributed by atoms with van der Waals surface area (Å²) in [4.78, 5) is 11.8. The number of nitrogens with one attached hydrogen (secondary N) is 1. The van der Waals surface area contributed by atoms with Gasteiger partial charge in [0.15, 0.2) is 0 Å². The minimum atomic E-state index is -0.817. The summed E-state index contributed by atoms with van der Waals surface area (Å²) in [7, 11) is 1.54. The average Bonchev–Trinajstić information content (AvgIpc) is 2.49. The molecule has 0 fully saturated rings. The Labute approximate surface area is 123 Å². The second-order valence-electron chi connectivity index (χ2n) is 4.39. The molecule has 1 rings (SSSR count). The molecule has 0 bridgehead atoms. The molecule has 20 heavy (non-hydrogen) atoms. The van der Waals surface area contributed by atoms with Gasteiger partial charge in [0, 0.05) is 12.1 Å². The van der Waals surface area contributed by atoms with Crippen LogP contribution in [0.4, 0.5) is 0 Å². The van der Waals surface area contributed by atoms with Crippen LogP contribution in [0.25, 0.3) is 0 Å². The Kier molecular flexibility index (Phi) is 7.43. The summed E-state index contributed by atoms with van der Waals surface area (Å²) in [6.07, 6.45) is 1.77. The lowest BCUT2D eigenvalue weighted by molar-refractivity contribution is -0.122. The van der Waals surface area contributed by atoms with E-state index in [0.717, 1.165) is 5.75 Å². The molecule has 0 heterocycles. The van der Waals surface area contributed by atoms with Crippen molar-refractivity contribution in [1.29, 1.82) is 0 Å². The van der Waals surface area contributed by atoms with E-state index in [2.05, 4.69) is 5.32 Å². The van der Waals surface area contributed by atoms with Gasteiger partial charge in [0.05, 0.1) is 19.3 Å². The van der Waals surface area contributed by atoms with Crippen molar-refractivity contribution in [1.82, 2.24) is 5.32 Å². The minimum absolute atomic E-state index is 0.117. The highest BCUT2D eigenvalue weighted by Gasteiger charge is 2.17. The summed E-state index contributed by atoms with van der Waals surface area (Å²) in [6, 6.07) is 6.64. The molecule has 0 saturated heterocycles. The number of para-hydroxylation sites is 1. The first kappa shape index (κ1) is 16.8. The number of methoxy groups -OCH3 is 1. The second kappa shape index (κ2) is 8.84. The van der Waals surface area contributed by atoms with Crippen LogP contribution in [0.3, 0.4) is 0 Å². The van der Waals surface area contributed by atoms with Crippen molar-refractivity contribution in [3.63, 3.8) is 0 Å². The van der Waals surface area contributed by atoms with Crippen molar-refractivity contribution in [3.8, 4) is 5.75 Å². The molecule has 4 N–H and O–H groups in total. The SMILES string of the molecule is COc1ccccc1C(O)CNC(=O)[C@@H](N)CCSC. The molecule has 0 saturated carbocycles. The standard InChI is InChI=1S/C14H22N2O3S/c1-19-13-6-4-3-5-10(13)12(17)9-16-14(18)11(15)7-8-20-2/h3-6,11-12,17H,7-9,15H2,1-2H3,(H,16,18)/t11-,12?/m0/s1. The predicted octanol–water partition coefficient (Wildman–Crippen LogP) is 0.925. The van der Waals surface area contributed by atoms with E-state index in [4.69, 9.17) is 10.5 Å². The van der Waals surface area contributed by atoms with Gasteiger partial charge in [-0.1, -0.05) is 18.2 Å². The van der Waals surface area contributed by atoms with Crippen LogP contribution in [-0.2, 0) is 4.79 Å². The first-order valence-corrected chi connectivity index (χ1v) is 7.82. The monoisotopic (exact) mass is 298 g/mol. The first-order valence-electron chi connectivity index (χ1n) is 6.43. The van der Waals surface area contributed by atoms with Gasteiger partial charge in [0.2, 0.25) is 5.91 Å². The second-order valence-corrected chi connectivity index (χ2v) is 5.38. The van der Waals surface area contributed by atoms with Gasteiger partial charge in [-0.05, 0) is 24.5 Å². The zero-order valence-electron chi connectivity index (χ0n) is 11.8. The van der Waals surface area contributed by atoms with Crippen molar-refractivity contribution in [2.75, 3.05) is 25.7 Å². The largest absolute Gasteiger partial charge is 0.496 e. The van der Waals surface area contributed by atoms with E-state index in [1.165, 1.54) is 0 Å². The number of carbonyl (C=O) groups is 1. The van der Waals surface area contributed by atoms with Gasteiger partial charge in [-0.3, -0.25) is 4.79 Å². The fourth-order valence-electron chi connectivity index (χ4n) is 1.76. The summed E-state index contributed by atoms with van der Waals surface area (Å²) in [5.74, 6) is 1.19. The number of nitrogens with two attached hydrogens (primary N) is 1. The fraction of sp³-hybridized carbons (Fsp3) is 0.500. The number of hydrogen-bond acceptors (Lipinski definition) is 5. The number of benzene rings is 1. The normalized spacial score (nSPS) is 13.6. The first-order chi connectivity index (χ1) is 9.60. The van der Waals surface area contributed by atoms with Gasteiger partial charge >= 0.3 is 0 Å². The van der Waals surface area contributed by atoms with Crippen molar-refractivity contribution in [2.24, 2.45) is 5.73 Å². The van der Waals surface area contributed by atoms with Gasteiger partial charge < -0.3 is 20.9 Å². The predicted molar refractivity (Wildman–Crippen MR) is 81.9 cm³/mol. The van der Waals surface area contributed by atoms with Crippen LogP contribution in [0, 0.1) is 0 Å². The fourth-order valence-corrected chi connectivity index (χ4v) is 2.25. The molecule has 0 radical (unpaired) electrons. The summed E-state index contributed by atoms with van der Waals surface area (Å²) < 4.78 is 5.17. The lowest BCUT2D eigenvalue weighted by Gasteiger charge is -2.17. The maximum Gasteiger partial charge on any atom is 0.237 e. The lowest BCUT2D eigenvalue weighted by Crippen LogP contribution is -2.42. The number of aliphatic hydroxyl groups is 1. The van der Waals surface area contributed by atoms with Crippen LogP contribution in [0.15, 0.2) is 24.3 Å². The molecule has 5 nitrogen and oxygen atoms in total. The molecule has 0 aromatic heterocycles. The van der Waals surface area contributed by atoms with E-state index < -0.39 is 12.1 Å². The number of carbonyl (C=O) groups excluding carboxylic acids is 1. The van der Waals surface area contributed by atoms with Crippen LogP contribution in [0.5, 0.6) is 5.75 Å². The van der Waals surface area contributed by atoms with E-state index in [1.807, 2.05) is 18.4 Å². The van der Waals surface area contributed by atoms with Crippen molar-refractivity contribution in [3.05, 3.63) is 29.8 Å². The highest BCUT2D eigenvalue weighted by Crippen LogP contribution is 2.23. The molecule has 0 aliphatic rings. The van der Waals surface area contributed by atoms with Gasteiger partial charge in [0.1, 0.15) is 5.75 Å². The molecular weight excluding hydrogens is 276 g/mol. The molecule has 112 valence electrons. The molecule has 0 aliphatic heterocycles. The van der Waals surface area contributed by atoms with E-state index in [9.17, 15) is 9.90 Å². The molecule has 0 aliphatic carbocycles. The Morgan fingerprint density at radius 3 is 2.85 bits per heavy atom. The number of aliphatic hydroxyl groups excluding tert-OH is 1. The molecular formula is C14H22N2O3S. The van der Waals surface area contributed by atoms with Gasteiger partial charge in [0.25, 0.3) is 0 Å². The molecule has 1 aromatic carbocycles. The van der Waals surface area contributed by atoms with Gasteiger partial charge in [-0.15, -0.1) is 0 Å². The Balaban J connectivity index is 2.50. The summed E-state index contributed by atoms with van der Waals surface area (Å²) in [5.41, 5.74) is 6.40. The Morgan fingerprint density at radius 2 is 2.20 bits per heavy atom. The lowest BCUT2D eigenvalue weighted by atomic mass is 10.1. The third kappa shape index (κ3) is 5.03. The van der Waals surface area contributed by atoms with E-state index in [0.29, 0.717) is 17.7 Å². The Bertz CT molecular complexity index is 429. The molecule has 2 atom stereocenters. The number of thioether (sulfide) groups is 1. The summed E-state index contributed by atoms with van der Waals surface area (Å²) in [5, 5.41) is 12.8. The minimum Gasteiger partial charge on any atom is -0.496 e. The third-order valence-corrected chi connectivity index (χ3v) is 3.58. The smallest absolute Gasteiger partial charge is 0.237 e. The van der Waals surface area contributed by atoms with E-state index in [-0.39, 0.29) is 12.5 Å². The van der Waals surface area contributed by atoms with Gasteiger partial charge in [-0.2, -0.15) is 11.8 Å². The molecule has 1 unspecified atom stereocenters. The van der Waals surface area contributed by atoms with Crippen LogP contribution in [0.2, 0.25) is 0 Å². The zero-order chi connectivity index (χ0) is 15.0. The number of rotatable bonds is 8. The van der Waals surface area contributed by atoms with Crippen LogP contribution in [0.1, 0.15) is 18.1 Å². The molecule has 6 heteroatoms.